The largest absolute Gasteiger partial charge is 0.466 e. The molecule has 6 nitrogen and oxygen atoms in total. The number of hydrogen-bond donors (Lipinski definition) is 3. The molecule has 2 atom stereocenters. The fourth-order valence-corrected chi connectivity index (χ4v) is 10.3. The van der Waals surface area contributed by atoms with Crippen molar-refractivity contribution in [2.45, 2.75) is 379 Å². The van der Waals surface area contributed by atoms with Crippen molar-refractivity contribution in [2.75, 3.05) is 13.2 Å². The van der Waals surface area contributed by atoms with Gasteiger partial charge in [0, 0.05) is 12.8 Å². The molecule has 0 rings (SSSR count). The van der Waals surface area contributed by atoms with Crippen LogP contribution >= 0.6 is 0 Å². The molecule has 0 bridgehead atoms. The first-order valence-electron chi connectivity index (χ1n) is 31.8. The number of aliphatic hydroxyl groups excluding tert-OH is 2. The molecule has 3 N–H and O–H groups in total. The lowest BCUT2D eigenvalue weighted by Crippen LogP contribution is -2.45. The summed E-state index contributed by atoms with van der Waals surface area (Å²) in [5.41, 5.74) is 0. The third-order valence-electron chi connectivity index (χ3n) is 15.2. The van der Waals surface area contributed by atoms with Crippen molar-refractivity contribution in [3.8, 4) is 0 Å². The van der Waals surface area contributed by atoms with E-state index in [1.165, 1.54) is 295 Å². The molecular formula is C63H125NO5. The van der Waals surface area contributed by atoms with Gasteiger partial charge in [-0.3, -0.25) is 9.59 Å². The van der Waals surface area contributed by atoms with E-state index in [1.54, 1.807) is 0 Å². The Morgan fingerprint density at radius 1 is 0.348 bits per heavy atom. The zero-order valence-electron chi connectivity index (χ0n) is 47.1. The molecule has 0 aliphatic rings. The molecule has 0 aromatic rings. The van der Waals surface area contributed by atoms with E-state index in [0.29, 0.717) is 25.9 Å². The van der Waals surface area contributed by atoms with E-state index in [2.05, 4.69) is 19.2 Å². The van der Waals surface area contributed by atoms with Crippen molar-refractivity contribution in [3.63, 3.8) is 0 Å². The SMILES string of the molecule is CCCCCCCCCCCCCCCC(O)C(CO)NC(=O)CCCCCCCCCCCCCCCCCCCCCCCCCCCCCOC(=O)CCCCCCCCCCCCCC. The molecule has 412 valence electrons. The highest BCUT2D eigenvalue weighted by atomic mass is 16.5. The van der Waals surface area contributed by atoms with Crippen LogP contribution in [-0.4, -0.2) is 47.4 Å². The minimum atomic E-state index is -0.660. The molecule has 0 aliphatic heterocycles. The lowest BCUT2D eigenvalue weighted by atomic mass is 10.0. The van der Waals surface area contributed by atoms with Gasteiger partial charge in [-0.15, -0.1) is 0 Å². The summed E-state index contributed by atoms with van der Waals surface area (Å²) >= 11 is 0. The van der Waals surface area contributed by atoms with Crippen LogP contribution in [-0.2, 0) is 14.3 Å². The minimum absolute atomic E-state index is 0.0196. The maximum Gasteiger partial charge on any atom is 0.305 e. The van der Waals surface area contributed by atoms with E-state index >= 15 is 0 Å². The third-order valence-corrected chi connectivity index (χ3v) is 15.2. The smallest absolute Gasteiger partial charge is 0.305 e. The number of aliphatic hydroxyl groups is 2. The Morgan fingerprint density at radius 2 is 0.594 bits per heavy atom. The van der Waals surface area contributed by atoms with Crippen LogP contribution in [0, 0.1) is 0 Å². The highest BCUT2D eigenvalue weighted by Crippen LogP contribution is 2.19. The summed E-state index contributed by atoms with van der Waals surface area (Å²) in [6.45, 7) is 4.98. The fraction of sp³-hybridized carbons (Fsp3) is 0.968. The fourth-order valence-electron chi connectivity index (χ4n) is 10.3. The summed E-state index contributed by atoms with van der Waals surface area (Å²) in [4.78, 5) is 24.5. The van der Waals surface area contributed by atoms with Crippen molar-refractivity contribution in [1.29, 1.82) is 0 Å². The van der Waals surface area contributed by atoms with Gasteiger partial charge < -0.3 is 20.3 Å². The first-order chi connectivity index (χ1) is 34.0. The second-order valence-corrected chi connectivity index (χ2v) is 22.1. The van der Waals surface area contributed by atoms with E-state index in [9.17, 15) is 19.8 Å². The van der Waals surface area contributed by atoms with E-state index in [1.807, 2.05) is 0 Å². The van der Waals surface area contributed by atoms with Gasteiger partial charge in [-0.1, -0.05) is 328 Å². The molecule has 0 spiro atoms. The zero-order chi connectivity index (χ0) is 50.0. The highest BCUT2D eigenvalue weighted by molar-refractivity contribution is 5.76. The maximum atomic E-state index is 12.5. The van der Waals surface area contributed by atoms with Crippen LogP contribution in [0.15, 0.2) is 0 Å². The van der Waals surface area contributed by atoms with E-state index in [-0.39, 0.29) is 18.5 Å². The van der Waals surface area contributed by atoms with Gasteiger partial charge in [-0.2, -0.15) is 0 Å². The number of unbranched alkanes of at least 4 members (excludes halogenated alkanes) is 49. The normalized spacial score (nSPS) is 12.5. The average molecular weight is 977 g/mol. The van der Waals surface area contributed by atoms with Crippen LogP contribution < -0.4 is 5.32 Å². The van der Waals surface area contributed by atoms with Gasteiger partial charge in [0.25, 0.3) is 0 Å². The minimum Gasteiger partial charge on any atom is -0.466 e. The Balaban J connectivity index is 3.32. The quantitative estimate of drug-likeness (QED) is 0.0417. The number of amides is 1. The van der Waals surface area contributed by atoms with E-state index in [0.717, 1.165) is 38.5 Å². The van der Waals surface area contributed by atoms with Crippen LogP contribution in [0.5, 0.6) is 0 Å². The molecule has 0 saturated carbocycles. The van der Waals surface area contributed by atoms with Crippen LogP contribution in [0.1, 0.15) is 367 Å². The highest BCUT2D eigenvalue weighted by Gasteiger charge is 2.20. The molecule has 0 fully saturated rings. The Bertz CT molecular complexity index is 990. The summed E-state index contributed by atoms with van der Waals surface area (Å²) in [6.07, 6.45) is 69.8. The number of rotatable bonds is 60. The van der Waals surface area contributed by atoms with Gasteiger partial charge >= 0.3 is 5.97 Å². The summed E-state index contributed by atoms with van der Waals surface area (Å²) in [5, 5.41) is 23.3. The Kier molecular flexibility index (Phi) is 58.4. The van der Waals surface area contributed by atoms with Crippen LogP contribution in [0.3, 0.4) is 0 Å². The summed E-state index contributed by atoms with van der Waals surface area (Å²) in [6, 6.07) is -0.537. The Hall–Kier alpha value is -1.14. The second kappa shape index (κ2) is 59.4. The third kappa shape index (κ3) is 56.0. The second-order valence-electron chi connectivity index (χ2n) is 22.1. The van der Waals surface area contributed by atoms with Crippen molar-refractivity contribution in [1.82, 2.24) is 5.32 Å². The molecule has 0 aromatic carbocycles. The molecule has 0 saturated heterocycles. The summed E-state index contributed by atoms with van der Waals surface area (Å²) < 4.78 is 5.48. The van der Waals surface area contributed by atoms with E-state index < -0.39 is 12.1 Å². The summed E-state index contributed by atoms with van der Waals surface area (Å²) in [7, 11) is 0. The van der Waals surface area contributed by atoms with Crippen LogP contribution in [0.4, 0.5) is 0 Å². The molecule has 2 unspecified atom stereocenters. The number of ether oxygens (including phenoxy) is 1. The van der Waals surface area contributed by atoms with Crippen molar-refractivity contribution >= 4 is 11.9 Å². The summed E-state index contributed by atoms with van der Waals surface area (Å²) in [5.74, 6) is -0.0103. The van der Waals surface area contributed by atoms with Crippen LogP contribution in [0.25, 0.3) is 0 Å². The van der Waals surface area contributed by atoms with Gasteiger partial charge in [0.1, 0.15) is 0 Å². The number of nitrogens with one attached hydrogen (secondary N) is 1. The predicted molar refractivity (Wildman–Crippen MR) is 301 cm³/mol. The first-order valence-corrected chi connectivity index (χ1v) is 31.8. The van der Waals surface area contributed by atoms with Crippen LogP contribution in [0.2, 0.25) is 0 Å². The lowest BCUT2D eigenvalue weighted by molar-refractivity contribution is -0.143. The van der Waals surface area contributed by atoms with Gasteiger partial charge in [0.05, 0.1) is 25.4 Å². The molecule has 0 radical (unpaired) electrons. The van der Waals surface area contributed by atoms with Gasteiger partial charge in [0.15, 0.2) is 0 Å². The zero-order valence-corrected chi connectivity index (χ0v) is 47.1. The van der Waals surface area contributed by atoms with E-state index in [4.69, 9.17) is 4.74 Å². The molecule has 0 heterocycles. The molecule has 69 heavy (non-hydrogen) atoms. The van der Waals surface area contributed by atoms with Gasteiger partial charge in [-0.25, -0.2) is 0 Å². The predicted octanol–water partition coefficient (Wildman–Crippen LogP) is 19.9. The lowest BCUT2D eigenvalue weighted by Gasteiger charge is -2.22. The van der Waals surface area contributed by atoms with Crippen molar-refractivity contribution in [3.05, 3.63) is 0 Å². The monoisotopic (exact) mass is 976 g/mol. The molecule has 0 aliphatic carbocycles. The molecule has 1 amide bonds. The number of carbonyl (C=O) groups excluding carboxylic acids is 2. The molecule has 0 aromatic heterocycles. The van der Waals surface area contributed by atoms with Gasteiger partial charge in [-0.05, 0) is 25.7 Å². The number of hydrogen-bond acceptors (Lipinski definition) is 5. The van der Waals surface area contributed by atoms with Gasteiger partial charge in [0.2, 0.25) is 5.91 Å². The average Bonchev–Trinajstić information content (AvgIpc) is 3.35. The standard InChI is InChI=1S/C63H125NO5/c1-3-5-7-9-11-13-15-32-35-39-43-47-51-55-61(66)60(59-65)64-62(67)56-52-48-44-40-36-33-30-28-26-24-22-20-18-17-19-21-23-25-27-29-31-34-38-42-46-50-54-58-69-63(68)57-53-49-45-41-37-16-14-12-10-8-6-4-2/h60-61,65-66H,3-59H2,1-2H3,(H,64,67). The number of carbonyl (C=O) groups is 2. The Morgan fingerprint density at radius 3 is 0.884 bits per heavy atom. The topological polar surface area (TPSA) is 95.9 Å². The number of esters is 1. The Labute approximate surface area is 432 Å². The first kappa shape index (κ1) is 67.9. The van der Waals surface area contributed by atoms with Crippen molar-refractivity contribution in [2.24, 2.45) is 0 Å². The maximum absolute atomic E-state index is 12.5. The molecule has 6 heteroatoms. The van der Waals surface area contributed by atoms with Crippen molar-refractivity contribution < 1.29 is 24.5 Å². The molecular weight excluding hydrogens is 851 g/mol.